The third-order valence-corrected chi connectivity index (χ3v) is 4.34. The summed E-state index contributed by atoms with van der Waals surface area (Å²) in [5, 5.41) is 13.8. The zero-order chi connectivity index (χ0) is 14.7. The van der Waals surface area contributed by atoms with E-state index in [1.165, 1.54) is 18.6 Å². The van der Waals surface area contributed by atoms with Crippen LogP contribution >= 0.6 is 0 Å². The van der Waals surface area contributed by atoms with Crippen molar-refractivity contribution in [3.8, 4) is 0 Å². The Morgan fingerprint density at radius 2 is 2.10 bits per heavy atom. The van der Waals surface area contributed by atoms with Crippen LogP contribution in [0.5, 0.6) is 0 Å². The van der Waals surface area contributed by atoms with Crippen LogP contribution in [-0.2, 0) is 0 Å². The molecular weight excluding hydrogens is 256 g/mol. The molecule has 1 saturated carbocycles. The van der Waals surface area contributed by atoms with E-state index in [1.54, 1.807) is 12.1 Å². The second kappa shape index (κ2) is 6.03. The summed E-state index contributed by atoms with van der Waals surface area (Å²) in [5.74, 6) is 0.810. The highest BCUT2D eigenvalue weighted by Crippen LogP contribution is 2.29. The van der Waals surface area contributed by atoms with Gasteiger partial charge in [-0.15, -0.1) is 0 Å². The molecule has 0 spiro atoms. The summed E-state index contributed by atoms with van der Waals surface area (Å²) in [5.41, 5.74) is 0.298. The second-order valence-electron chi connectivity index (χ2n) is 5.65. The molecule has 5 nitrogen and oxygen atoms in total. The molecule has 1 aliphatic rings. The van der Waals surface area contributed by atoms with E-state index in [1.807, 2.05) is 0 Å². The topological polar surface area (TPSA) is 72.2 Å². The van der Waals surface area contributed by atoms with E-state index in [4.69, 9.17) is 0 Å². The van der Waals surface area contributed by atoms with Gasteiger partial charge in [0.05, 0.1) is 4.92 Å². The van der Waals surface area contributed by atoms with Gasteiger partial charge in [0.1, 0.15) is 0 Å². The van der Waals surface area contributed by atoms with Gasteiger partial charge in [0, 0.05) is 23.7 Å². The Morgan fingerprint density at radius 1 is 1.35 bits per heavy atom. The number of non-ortho nitro benzene ring substituents is 1. The average molecular weight is 276 g/mol. The SMILES string of the molecule is C[C@@H]1[C@H](C)CCC[C@@H]1NC(=O)c1cccc([N+](=O)[O-])c1. The van der Waals surface area contributed by atoms with Crippen LogP contribution in [0, 0.1) is 22.0 Å². The molecule has 20 heavy (non-hydrogen) atoms. The molecule has 0 bridgehead atoms. The molecule has 0 heterocycles. The first-order chi connectivity index (χ1) is 9.49. The quantitative estimate of drug-likeness (QED) is 0.681. The average Bonchev–Trinajstić information content (AvgIpc) is 2.44. The lowest BCUT2D eigenvalue weighted by Gasteiger charge is -2.34. The monoisotopic (exact) mass is 276 g/mol. The predicted molar refractivity (Wildman–Crippen MR) is 76.5 cm³/mol. The van der Waals surface area contributed by atoms with Crippen LogP contribution in [0.4, 0.5) is 5.69 Å². The van der Waals surface area contributed by atoms with Crippen molar-refractivity contribution in [1.29, 1.82) is 0 Å². The largest absolute Gasteiger partial charge is 0.349 e. The summed E-state index contributed by atoms with van der Waals surface area (Å²) in [6, 6.07) is 6.03. The minimum absolute atomic E-state index is 0.0530. The third kappa shape index (κ3) is 3.15. The standard InChI is InChI=1S/C15H20N2O3/c1-10-5-3-8-14(11(10)2)16-15(18)12-6-4-7-13(9-12)17(19)20/h4,6-7,9-11,14H,3,5,8H2,1-2H3,(H,16,18)/t10-,11-,14+/m1/s1. The van der Waals surface area contributed by atoms with Crippen molar-refractivity contribution >= 4 is 11.6 Å². The Hall–Kier alpha value is -1.91. The predicted octanol–water partition coefficient (Wildman–Crippen LogP) is 3.15. The first-order valence-electron chi connectivity index (χ1n) is 7.04. The fraction of sp³-hybridized carbons (Fsp3) is 0.533. The molecule has 1 N–H and O–H groups in total. The van der Waals surface area contributed by atoms with E-state index < -0.39 is 4.92 Å². The van der Waals surface area contributed by atoms with Gasteiger partial charge in [-0.3, -0.25) is 14.9 Å². The number of carbonyl (C=O) groups is 1. The van der Waals surface area contributed by atoms with E-state index in [-0.39, 0.29) is 17.6 Å². The molecule has 0 unspecified atom stereocenters. The minimum atomic E-state index is -0.484. The number of hydrogen-bond donors (Lipinski definition) is 1. The maximum Gasteiger partial charge on any atom is 0.270 e. The zero-order valence-electron chi connectivity index (χ0n) is 11.8. The van der Waals surface area contributed by atoms with Gasteiger partial charge in [0.2, 0.25) is 0 Å². The highest BCUT2D eigenvalue weighted by Gasteiger charge is 2.28. The Labute approximate surface area is 118 Å². The molecule has 0 aliphatic heterocycles. The molecule has 5 heteroatoms. The molecule has 108 valence electrons. The first kappa shape index (κ1) is 14.5. The van der Waals surface area contributed by atoms with Crippen LogP contribution < -0.4 is 5.32 Å². The van der Waals surface area contributed by atoms with E-state index in [9.17, 15) is 14.9 Å². The number of benzene rings is 1. The Balaban J connectivity index is 2.08. The number of nitrogens with zero attached hydrogens (tertiary/aromatic N) is 1. The molecule has 3 atom stereocenters. The van der Waals surface area contributed by atoms with E-state index in [2.05, 4.69) is 19.2 Å². The Kier molecular flexibility index (Phi) is 4.37. The van der Waals surface area contributed by atoms with Crippen molar-refractivity contribution in [1.82, 2.24) is 5.32 Å². The molecule has 1 fully saturated rings. The van der Waals surface area contributed by atoms with Gasteiger partial charge in [-0.05, 0) is 24.3 Å². The minimum Gasteiger partial charge on any atom is -0.349 e. The lowest BCUT2D eigenvalue weighted by Crippen LogP contribution is -2.43. The molecule has 1 aliphatic carbocycles. The van der Waals surface area contributed by atoms with E-state index in [0.29, 0.717) is 17.4 Å². The number of nitrogens with one attached hydrogen (secondary N) is 1. The second-order valence-corrected chi connectivity index (χ2v) is 5.65. The molecule has 0 aromatic heterocycles. The van der Waals surface area contributed by atoms with Crippen LogP contribution in [0.15, 0.2) is 24.3 Å². The van der Waals surface area contributed by atoms with Crippen LogP contribution in [0.25, 0.3) is 0 Å². The normalized spacial score (nSPS) is 26.0. The highest BCUT2D eigenvalue weighted by molar-refractivity contribution is 5.95. The van der Waals surface area contributed by atoms with Gasteiger partial charge in [-0.25, -0.2) is 0 Å². The maximum atomic E-state index is 12.2. The van der Waals surface area contributed by atoms with Gasteiger partial charge in [0.25, 0.3) is 11.6 Å². The number of carbonyl (C=O) groups excluding carboxylic acids is 1. The smallest absolute Gasteiger partial charge is 0.270 e. The summed E-state index contributed by atoms with van der Waals surface area (Å²) in [6.07, 6.45) is 3.29. The Bertz CT molecular complexity index is 516. The van der Waals surface area contributed by atoms with Gasteiger partial charge in [-0.2, -0.15) is 0 Å². The molecule has 1 aromatic rings. The summed E-state index contributed by atoms with van der Waals surface area (Å²) in [7, 11) is 0. The number of nitro benzene ring substituents is 1. The van der Waals surface area contributed by atoms with Crippen molar-refractivity contribution in [2.24, 2.45) is 11.8 Å². The van der Waals surface area contributed by atoms with Crippen LogP contribution in [0.1, 0.15) is 43.5 Å². The van der Waals surface area contributed by atoms with Crippen molar-refractivity contribution in [2.45, 2.75) is 39.2 Å². The molecule has 1 amide bonds. The van der Waals surface area contributed by atoms with Crippen LogP contribution in [-0.4, -0.2) is 16.9 Å². The van der Waals surface area contributed by atoms with Gasteiger partial charge >= 0.3 is 0 Å². The van der Waals surface area contributed by atoms with E-state index >= 15 is 0 Å². The van der Waals surface area contributed by atoms with Crippen molar-refractivity contribution in [3.05, 3.63) is 39.9 Å². The molecule has 2 rings (SSSR count). The summed E-state index contributed by atoms with van der Waals surface area (Å²) in [4.78, 5) is 22.5. The summed E-state index contributed by atoms with van der Waals surface area (Å²) >= 11 is 0. The number of hydrogen-bond acceptors (Lipinski definition) is 3. The first-order valence-corrected chi connectivity index (χ1v) is 7.04. The molecule has 1 aromatic carbocycles. The summed E-state index contributed by atoms with van der Waals surface area (Å²) in [6.45, 7) is 4.36. The van der Waals surface area contributed by atoms with Crippen LogP contribution in [0.2, 0.25) is 0 Å². The lowest BCUT2D eigenvalue weighted by molar-refractivity contribution is -0.384. The third-order valence-electron chi connectivity index (χ3n) is 4.34. The van der Waals surface area contributed by atoms with Gasteiger partial charge in [0.15, 0.2) is 0 Å². The van der Waals surface area contributed by atoms with Crippen molar-refractivity contribution < 1.29 is 9.72 Å². The van der Waals surface area contributed by atoms with Crippen molar-refractivity contribution in [2.75, 3.05) is 0 Å². The molecule has 0 saturated heterocycles. The maximum absolute atomic E-state index is 12.2. The van der Waals surface area contributed by atoms with Crippen molar-refractivity contribution in [3.63, 3.8) is 0 Å². The number of amides is 1. The molecular formula is C15H20N2O3. The van der Waals surface area contributed by atoms with Gasteiger partial charge < -0.3 is 5.32 Å². The summed E-state index contributed by atoms with van der Waals surface area (Å²) < 4.78 is 0. The molecule has 0 radical (unpaired) electrons. The highest BCUT2D eigenvalue weighted by atomic mass is 16.6. The zero-order valence-corrected chi connectivity index (χ0v) is 11.8. The number of rotatable bonds is 3. The lowest BCUT2D eigenvalue weighted by atomic mass is 9.78. The fourth-order valence-corrected chi connectivity index (χ4v) is 2.80. The van der Waals surface area contributed by atoms with Crippen LogP contribution in [0.3, 0.4) is 0 Å². The fourth-order valence-electron chi connectivity index (χ4n) is 2.80. The Morgan fingerprint density at radius 3 is 2.80 bits per heavy atom. The number of nitro groups is 1. The van der Waals surface area contributed by atoms with E-state index in [0.717, 1.165) is 12.8 Å². The van der Waals surface area contributed by atoms with Gasteiger partial charge in [-0.1, -0.05) is 32.8 Å².